The highest BCUT2D eigenvalue weighted by Crippen LogP contribution is 2.37. The predicted molar refractivity (Wildman–Crippen MR) is 46.9 cm³/mol. The van der Waals surface area contributed by atoms with Gasteiger partial charge in [0.15, 0.2) is 0 Å². The normalized spacial score (nSPS) is 14.7. The fourth-order valence-corrected chi connectivity index (χ4v) is 2.60. The Labute approximate surface area is 80.5 Å². The zero-order valence-electron chi connectivity index (χ0n) is 5.94. The van der Waals surface area contributed by atoms with Gasteiger partial charge < -0.3 is 0 Å². The molecule has 0 saturated carbocycles. The van der Waals surface area contributed by atoms with Crippen LogP contribution in [0.5, 0.6) is 0 Å². The zero-order valence-corrected chi connectivity index (χ0v) is 8.34. The largest absolute Gasteiger partial charge is 0.397 e. The van der Waals surface area contributed by atoms with Crippen molar-refractivity contribution in [1.82, 2.24) is 0 Å². The van der Waals surface area contributed by atoms with E-state index in [-0.39, 0.29) is 5.33 Å². The van der Waals surface area contributed by atoms with Crippen LogP contribution in [0.2, 0.25) is 0 Å². The molecule has 1 aromatic heterocycles. The van der Waals surface area contributed by atoms with Crippen LogP contribution in [-0.4, -0.2) is 11.5 Å². The summed E-state index contributed by atoms with van der Waals surface area (Å²) in [5, 5.41) is 1.58. The molecule has 0 fully saturated rings. The van der Waals surface area contributed by atoms with E-state index in [1.54, 1.807) is 11.4 Å². The molecule has 0 aliphatic rings. The average Bonchev–Trinajstić information content (AvgIpc) is 2.38. The molecule has 12 heavy (non-hydrogen) atoms. The quantitative estimate of drug-likeness (QED) is 0.709. The Kier molecular flexibility index (Phi) is 3.17. The molecular weight excluding hydrogens is 253 g/mol. The van der Waals surface area contributed by atoms with E-state index < -0.39 is 12.1 Å². The molecule has 5 heteroatoms. The summed E-state index contributed by atoms with van der Waals surface area (Å²) in [5.74, 6) is -1.36. The number of hydrogen-bond acceptors (Lipinski definition) is 1. The second kappa shape index (κ2) is 3.79. The average molecular weight is 259 g/mol. The number of hydrogen-bond donors (Lipinski definition) is 0. The SMILES string of the molecule is FC(F)(F)C(CBr)c1cccs1. The lowest BCUT2D eigenvalue weighted by Gasteiger charge is -2.15. The third kappa shape index (κ3) is 2.23. The van der Waals surface area contributed by atoms with Crippen LogP contribution in [0.15, 0.2) is 17.5 Å². The summed E-state index contributed by atoms with van der Waals surface area (Å²) in [7, 11) is 0. The van der Waals surface area contributed by atoms with E-state index in [2.05, 4.69) is 15.9 Å². The van der Waals surface area contributed by atoms with Gasteiger partial charge in [0.25, 0.3) is 0 Å². The number of alkyl halides is 4. The minimum absolute atomic E-state index is 0.0724. The lowest BCUT2D eigenvalue weighted by Crippen LogP contribution is -2.20. The summed E-state index contributed by atoms with van der Waals surface area (Å²) >= 11 is 3.99. The number of thiophene rings is 1. The monoisotopic (exact) mass is 258 g/mol. The van der Waals surface area contributed by atoms with Crippen LogP contribution in [0.1, 0.15) is 10.8 Å². The third-order valence-corrected chi connectivity index (χ3v) is 3.07. The number of halogens is 4. The first kappa shape index (κ1) is 10.1. The van der Waals surface area contributed by atoms with Crippen molar-refractivity contribution in [3.8, 4) is 0 Å². The van der Waals surface area contributed by atoms with Crippen molar-refractivity contribution in [2.75, 3.05) is 5.33 Å². The fourth-order valence-electron chi connectivity index (χ4n) is 0.814. The van der Waals surface area contributed by atoms with Gasteiger partial charge in [0.1, 0.15) is 0 Å². The van der Waals surface area contributed by atoms with Gasteiger partial charge in [-0.3, -0.25) is 0 Å². The molecule has 0 bridgehead atoms. The van der Waals surface area contributed by atoms with Crippen molar-refractivity contribution in [2.24, 2.45) is 0 Å². The summed E-state index contributed by atoms with van der Waals surface area (Å²) in [6, 6.07) is 3.13. The second-order valence-electron chi connectivity index (χ2n) is 2.26. The molecule has 0 aliphatic carbocycles. The zero-order chi connectivity index (χ0) is 9.19. The van der Waals surface area contributed by atoms with Gasteiger partial charge in [0.2, 0.25) is 0 Å². The Morgan fingerprint density at radius 1 is 1.50 bits per heavy atom. The van der Waals surface area contributed by atoms with E-state index in [1.807, 2.05) is 0 Å². The molecule has 0 radical (unpaired) electrons. The van der Waals surface area contributed by atoms with Gasteiger partial charge >= 0.3 is 6.18 Å². The van der Waals surface area contributed by atoms with Crippen LogP contribution >= 0.6 is 27.3 Å². The van der Waals surface area contributed by atoms with Gasteiger partial charge in [-0.15, -0.1) is 11.3 Å². The molecule has 68 valence electrons. The van der Waals surface area contributed by atoms with E-state index in [0.29, 0.717) is 4.88 Å². The van der Waals surface area contributed by atoms with Gasteiger partial charge in [0.05, 0.1) is 5.92 Å². The first-order valence-electron chi connectivity index (χ1n) is 3.21. The fraction of sp³-hybridized carbons (Fsp3) is 0.429. The van der Waals surface area contributed by atoms with E-state index in [0.717, 1.165) is 11.3 Å². The van der Waals surface area contributed by atoms with Crippen molar-refractivity contribution < 1.29 is 13.2 Å². The molecule has 0 nitrogen and oxygen atoms in total. The Balaban J connectivity index is 2.84. The first-order chi connectivity index (χ1) is 5.55. The van der Waals surface area contributed by atoms with Gasteiger partial charge in [-0.1, -0.05) is 22.0 Å². The van der Waals surface area contributed by atoms with E-state index in [1.165, 1.54) is 6.07 Å². The Bertz CT molecular complexity index is 229. The smallest absolute Gasteiger partial charge is 0.170 e. The Morgan fingerprint density at radius 2 is 2.17 bits per heavy atom. The second-order valence-corrected chi connectivity index (χ2v) is 3.89. The summed E-state index contributed by atoms with van der Waals surface area (Å²) in [4.78, 5) is 0.361. The highest BCUT2D eigenvalue weighted by Gasteiger charge is 2.40. The Morgan fingerprint density at radius 3 is 2.50 bits per heavy atom. The molecular formula is C7H6BrF3S. The molecule has 1 rings (SSSR count). The molecule has 0 spiro atoms. The summed E-state index contributed by atoms with van der Waals surface area (Å²) < 4.78 is 36.8. The Hall–Kier alpha value is -0.0300. The van der Waals surface area contributed by atoms with Crippen LogP contribution in [0.3, 0.4) is 0 Å². The molecule has 1 heterocycles. The maximum absolute atomic E-state index is 12.3. The van der Waals surface area contributed by atoms with Crippen molar-refractivity contribution in [1.29, 1.82) is 0 Å². The molecule has 0 N–H and O–H groups in total. The maximum atomic E-state index is 12.3. The maximum Gasteiger partial charge on any atom is 0.397 e. The topological polar surface area (TPSA) is 0 Å². The first-order valence-corrected chi connectivity index (χ1v) is 5.22. The van der Waals surface area contributed by atoms with Crippen LogP contribution in [0.25, 0.3) is 0 Å². The van der Waals surface area contributed by atoms with Crippen molar-refractivity contribution in [3.05, 3.63) is 22.4 Å². The molecule has 1 unspecified atom stereocenters. The van der Waals surface area contributed by atoms with Crippen molar-refractivity contribution >= 4 is 27.3 Å². The molecule has 0 aromatic carbocycles. The molecule has 1 atom stereocenters. The molecule has 0 aliphatic heterocycles. The molecule has 0 amide bonds. The van der Waals surface area contributed by atoms with Gasteiger partial charge in [-0.2, -0.15) is 13.2 Å². The lowest BCUT2D eigenvalue weighted by atomic mass is 10.1. The predicted octanol–water partition coefficient (Wildman–Crippen LogP) is 3.79. The summed E-state index contributed by atoms with van der Waals surface area (Å²) in [6.45, 7) is 0. The van der Waals surface area contributed by atoms with E-state index in [4.69, 9.17) is 0 Å². The van der Waals surface area contributed by atoms with Crippen LogP contribution < -0.4 is 0 Å². The lowest BCUT2D eigenvalue weighted by molar-refractivity contribution is -0.144. The number of rotatable bonds is 2. The highest BCUT2D eigenvalue weighted by atomic mass is 79.9. The molecule has 1 aromatic rings. The summed E-state index contributed by atoms with van der Waals surface area (Å²) in [6.07, 6.45) is -4.14. The van der Waals surface area contributed by atoms with Crippen molar-refractivity contribution in [2.45, 2.75) is 12.1 Å². The standard InChI is InChI=1S/C7H6BrF3S/c8-4-5(7(9,10)11)6-2-1-3-12-6/h1-3,5H,4H2. The van der Waals surface area contributed by atoms with Crippen molar-refractivity contribution in [3.63, 3.8) is 0 Å². The van der Waals surface area contributed by atoms with Crippen LogP contribution in [-0.2, 0) is 0 Å². The van der Waals surface area contributed by atoms with Crippen LogP contribution in [0, 0.1) is 0 Å². The molecule has 0 saturated heterocycles. The van der Waals surface area contributed by atoms with E-state index >= 15 is 0 Å². The van der Waals surface area contributed by atoms with Crippen LogP contribution in [0.4, 0.5) is 13.2 Å². The summed E-state index contributed by atoms with van der Waals surface area (Å²) in [5.41, 5.74) is 0. The minimum Gasteiger partial charge on any atom is -0.170 e. The minimum atomic E-state index is -4.14. The third-order valence-electron chi connectivity index (χ3n) is 1.44. The van der Waals surface area contributed by atoms with E-state index in [9.17, 15) is 13.2 Å². The van der Waals surface area contributed by atoms with Gasteiger partial charge in [-0.25, -0.2) is 0 Å². The highest BCUT2D eigenvalue weighted by molar-refractivity contribution is 9.09. The van der Waals surface area contributed by atoms with Gasteiger partial charge in [0, 0.05) is 10.2 Å². The van der Waals surface area contributed by atoms with Gasteiger partial charge in [-0.05, 0) is 11.4 Å².